The molecular formula is C20H32. The monoisotopic (exact) mass is 272 g/mol. The van der Waals surface area contributed by atoms with E-state index in [0.717, 1.165) is 12.8 Å². The van der Waals surface area contributed by atoms with Gasteiger partial charge in [-0.05, 0) is 64.2 Å². The summed E-state index contributed by atoms with van der Waals surface area (Å²) in [6.45, 7) is 13.4. The highest BCUT2D eigenvalue weighted by molar-refractivity contribution is 5.17. The topological polar surface area (TPSA) is 0 Å². The molecule has 1 aliphatic rings. The normalized spacial score (nSPS) is 23.2. The van der Waals surface area contributed by atoms with E-state index >= 15 is 0 Å². The van der Waals surface area contributed by atoms with Crippen molar-refractivity contribution in [3.8, 4) is 0 Å². The summed E-state index contributed by atoms with van der Waals surface area (Å²) < 4.78 is 0. The molecule has 1 aliphatic carbocycles. The molecule has 0 nitrogen and oxygen atoms in total. The van der Waals surface area contributed by atoms with Crippen LogP contribution in [0.3, 0.4) is 0 Å². The van der Waals surface area contributed by atoms with Gasteiger partial charge in [0.05, 0.1) is 0 Å². The highest BCUT2D eigenvalue weighted by Gasteiger charge is 2.10. The molecule has 0 aliphatic heterocycles. The van der Waals surface area contributed by atoms with Crippen molar-refractivity contribution in [1.82, 2.24) is 0 Å². The van der Waals surface area contributed by atoms with Crippen LogP contribution in [0.1, 0.15) is 66.2 Å². The van der Waals surface area contributed by atoms with E-state index in [2.05, 4.69) is 58.6 Å². The second-order valence-corrected chi connectivity index (χ2v) is 6.64. The van der Waals surface area contributed by atoms with E-state index in [4.69, 9.17) is 0 Å². The van der Waals surface area contributed by atoms with Crippen LogP contribution in [0, 0.1) is 11.8 Å². The van der Waals surface area contributed by atoms with Crippen LogP contribution >= 0.6 is 0 Å². The van der Waals surface area contributed by atoms with Gasteiger partial charge >= 0.3 is 0 Å². The molecule has 0 spiro atoms. The van der Waals surface area contributed by atoms with Crippen molar-refractivity contribution >= 4 is 0 Å². The number of hydrogen-bond acceptors (Lipinski definition) is 0. The van der Waals surface area contributed by atoms with Gasteiger partial charge in [-0.25, -0.2) is 0 Å². The van der Waals surface area contributed by atoms with Crippen LogP contribution in [-0.2, 0) is 0 Å². The Labute approximate surface area is 126 Å². The van der Waals surface area contributed by atoms with Crippen molar-refractivity contribution in [3.05, 3.63) is 47.6 Å². The highest BCUT2D eigenvalue weighted by atomic mass is 14.2. The summed E-state index contributed by atoms with van der Waals surface area (Å²) in [5.74, 6) is 1.39. The largest absolute Gasteiger partial charge is 0.0958 e. The van der Waals surface area contributed by atoms with Crippen LogP contribution in [0.2, 0.25) is 0 Å². The Kier molecular flexibility index (Phi) is 7.65. The van der Waals surface area contributed by atoms with E-state index in [-0.39, 0.29) is 0 Å². The summed E-state index contributed by atoms with van der Waals surface area (Å²) in [4.78, 5) is 0. The Balaban J connectivity index is 2.78. The van der Waals surface area contributed by atoms with E-state index in [1.165, 1.54) is 36.8 Å². The van der Waals surface area contributed by atoms with Crippen molar-refractivity contribution in [3.63, 3.8) is 0 Å². The van der Waals surface area contributed by atoms with Gasteiger partial charge in [-0.3, -0.25) is 0 Å². The summed E-state index contributed by atoms with van der Waals surface area (Å²) in [5, 5.41) is 0. The zero-order valence-electron chi connectivity index (χ0n) is 13.9. The van der Waals surface area contributed by atoms with Crippen molar-refractivity contribution in [2.45, 2.75) is 66.2 Å². The molecule has 0 amide bonds. The van der Waals surface area contributed by atoms with Gasteiger partial charge < -0.3 is 0 Å². The average molecular weight is 272 g/mol. The fourth-order valence-corrected chi connectivity index (χ4v) is 2.64. The maximum Gasteiger partial charge on any atom is -0.0204 e. The van der Waals surface area contributed by atoms with Crippen molar-refractivity contribution < 1.29 is 0 Å². The molecule has 0 N–H and O–H groups in total. The van der Waals surface area contributed by atoms with Crippen LogP contribution in [0.5, 0.6) is 0 Å². The van der Waals surface area contributed by atoms with E-state index in [1.54, 1.807) is 5.57 Å². The van der Waals surface area contributed by atoms with Gasteiger partial charge in [-0.2, -0.15) is 0 Å². The Morgan fingerprint density at radius 3 is 2.25 bits per heavy atom. The van der Waals surface area contributed by atoms with E-state index in [9.17, 15) is 0 Å². The molecule has 0 aromatic heterocycles. The number of rotatable bonds is 1. The lowest BCUT2D eigenvalue weighted by atomic mass is 9.88. The van der Waals surface area contributed by atoms with E-state index in [1.807, 2.05) is 0 Å². The minimum absolute atomic E-state index is 0.676. The molecule has 0 fully saturated rings. The van der Waals surface area contributed by atoms with Crippen LogP contribution in [0.15, 0.2) is 47.6 Å². The third kappa shape index (κ3) is 6.93. The molecule has 1 atom stereocenters. The molecule has 0 heterocycles. The SMILES string of the molecule is C=C1C=CC(C(C)C)CCC(C)=CCCC(C)=CCC1. The van der Waals surface area contributed by atoms with Crippen molar-refractivity contribution in [2.24, 2.45) is 11.8 Å². The Hall–Kier alpha value is -1.04. The third-order valence-electron chi connectivity index (χ3n) is 4.30. The van der Waals surface area contributed by atoms with Gasteiger partial charge in [0.2, 0.25) is 0 Å². The first-order chi connectivity index (χ1) is 9.49. The van der Waals surface area contributed by atoms with E-state index < -0.39 is 0 Å². The molecule has 20 heavy (non-hydrogen) atoms. The van der Waals surface area contributed by atoms with Gasteiger partial charge in [0, 0.05) is 0 Å². The van der Waals surface area contributed by atoms with Crippen molar-refractivity contribution in [1.29, 1.82) is 0 Å². The molecule has 0 bridgehead atoms. The zero-order chi connectivity index (χ0) is 15.0. The molecule has 0 aromatic carbocycles. The quantitative estimate of drug-likeness (QED) is 0.471. The molecule has 0 radical (unpaired) electrons. The molecular weight excluding hydrogens is 240 g/mol. The lowest BCUT2D eigenvalue weighted by Gasteiger charge is -2.17. The number of allylic oxidation sites excluding steroid dienone is 7. The molecule has 1 unspecified atom stereocenters. The molecule has 0 aromatic rings. The second kappa shape index (κ2) is 9.00. The Morgan fingerprint density at radius 2 is 1.60 bits per heavy atom. The second-order valence-electron chi connectivity index (χ2n) is 6.64. The summed E-state index contributed by atoms with van der Waals surface area (Å²) in [6.07, 6.45) is 16.6. The summed E-state index contributed by atoms with van der Waals surface area (Å²) in [5.41, 5.74) is 4.33. The predicted molar refractivity (Wildman–Crippen MR) is 91.8 cm³/mol. The lowest BCUT2D eigenvalue weighted by molar-refractivity contribution is 0.435. The minimum atomic E-state index is 0.676. The first-order valence-electron chi connectivity index (χ1n) is 8.16. The van der Waals surface area contributed by atoms with Gasteiger partial charge in [0.25, 0.3) is 0 Å². The first kappa shape index (κ1) is 17.0. The summed E-state index contributed by atoms with van der Waals surface area (Å²) in [7, 11) is 0. The fraction of sp³-hybridized carbons (Fsp3) is 0.600. The predicted octanol–water partition coefficient (Wildman–Crippen LogP) is 6.62. The van der Waals surface area contributed by atoms with E-state index in [0.29, 0.717) is 11.8 Å². The minimum Gasteiger partial charge on any atom is -0.0958 e. The zero-order valence-corrected chi connectivity index (χ0v) is 13.9. The standard InChI is InChI=1S/C20H32/c1-16(2)20-14-12-18(4)10-6-8-17(3)9-7-11-19(5)13-15-20/h8,11-12,14,16,20H,4,6-7,9-10,13,15H2,1-3,5H3. The molecule has 0 saturated carbocycles. The summed E-state index contributed by atoms with van der Waals surface area (Å²) in [6, 6.07) is 0. The molecule has 0 saturated heterocycles. The maximum atomic E-state index is 4.19. The Bertz CT molecular complexity index is 390. The van der Waals surface area contributed by atoms with Crippen LogP contribution in [0.25, 0.3) is 0 Å². The Morgan fingerprint density at radius 1 is 1.00 bits per heavy atom. The summed E-state index contributed by atoms with van der Waals surface area (Å²) >= 11 is 0. The number of hydrogen-bond donors (Lipinski definition) is 0. The maximum absolute atomic E-state index is 4.19. The van der Waals surface area contributed by atoms with Gasteiger partial charge in [0.1, 0.15) is 0 Å². The van der Waals surface area contributed by atoms with Gasteiger partial charge in [0.15, 0.2) is 0 Å². The molecule has 112 valence electrons. The molecule has 1 rings (SSSR count). The van der Waals surface area contributed by atoms with Crippen LogP contribution in [-0.4, -0.2) is 0 Å². The van der Waals surface area contributed by atoms with Crippen molar-refractivity contribution in [2.75, 3.05) is 0 Å². The third-order valence-corrected chi connectivity index (χ3v) is 4.30. The smallest absolute Gasteiger partial charge is 0.0204 e. The first-order valence-corrected chi connectivity index (χ1v) is 8.16. The average Bonchev–Trinajstić information content (AvgIpc) is 2.37. The highest BCUT2D eigenvalue weighted by Crippen LogP contribution is 2.23. The lowest BCUT2D eigenvalue weighted by Crippen LogP contribution is -2.06. The van der Waals surface area contributed by atoms with Gasteiger partial charge in [-0.15, -0.1) is 0 Å². The molecule has 0 heteroatoms. The van der Waals surface area contributed by atoms with Crippen LogP contribution in [0.4, 0.5) is 0 Å². The van der Waals surface area contributed by atoms with Crippen LogP contribution < -0.4 is 0 Å². The fourth-order valence-electron chi connectivity index (χ4n) is 2.64. The van der Waals surface area contributed by atoms with Gasteiger partial charge in [-0.1, -0.05) is 61.4 Å².